The van der Waals surface area contributed by atoms with Gasteiger partial charge in [-0.1, -0.05) is 38.8 Å². The molecule has 1 aromatic heterocycles. The van der Waals surface area contributed by atoms with Gasteiger partial charge in [-0.2, -0.15) is 0 Å². The van der Waals surface area contributed by atoms with E-state index >= 15 is 0 Å². The number of rotatable bonds is 6. The molecule has 0 N–H and O–H groups in total. The summed E-state index contributed by atoms with van der Waals surface area (Å²) in [4.78, 5) is 0. The van der Waals surface area contributed by atoms with E-state index in [1.54, 1.807) is 4.57 Å². The van der Waals surface area contributed by atoms with Crippen LogP contribution in [-0.2, 0) is 13.0 Å². The summed E-state index contributed by atoms with van der Waals surface area (Å²) in [7, 11) is 0. The summed E-state index contributed by atoms with van der Waals surface area (Å²) in [6, 6.07) is 6.42. The van der Waals surface area contributed by atoms with Crippen LogP contribution in [0.15, 0.2) is 18.2 Å². The molecule has 0 unspecified atom stereocenters. The predicted octanol–water partition coefficient (Wildman–Crippen LogP) is 3.71. The molecule has 3 nitrogen and oxygen atoms in total. The predicted molar refractivity (Wildman–Crippen MR) is 81.4 cm³/mol. The highest BCUT2D eigenvalue weighted by Gasteiger charge is 2.23. The monoisotopic (exact) mass is 270 g/mol. The molecule has 0 amide bonds. The molecule has 2 rings (SSSR count). The number of nitrogens with zero attached hydrogens (tertiary/aromatic N) is 3. The van der Waals surface area contributed by atoms with Crippen molar-refractivity contribution in [3.63, 3.8) is 0 Å². The van der Waals surface area contributed by atoms with Crippen molar-refractivity contribution < 1.29 is 4.57 Å². The number of unbranched alkanes of at least 4 members (excludes halogenated alkanes) is 2. The lowest BCUT2D eigenvalue weighted by Gasteiger charge is -2.00. The first-order valence-corrected chi connectivity index (χ1v) is 7.67. The number of nitriles is 1. The Morgan fingerprint density at radius 3 is 2.60 bits per heavy atom. The number of hydrogen-bond donors (Lipinski definition) is 0. The van der Waals surface area contributed by atoms with Gasteiger partial charge in [-0.3, -0.25) is 0 Å². The molecule has 0 saturated carbocycles. The molecule has 0 radical (unpaired) electrons. The Bertz CT molecular complexity index is 632. The number of imidazole rings is 1. The summed E-state index contributed by atoms with van der Waals surface area (Å²) >= 11 is 0. The van der Waals surface area contributed by atoms with Crippen molar-refractivity contribution >= 4 is 11.0 Å². The van der Waals surface area contributed by atoms with E-state index in [0.29, 0.717) is 0 Å². The van der Waals surface area contributed by atoms with Gasteiger partial charge in [0.1, 0.15) is 0 Å². The van der Waals surface area contributed by atoms with Gasteiger partial charge in [-0.15, -0.1) is 9.83 Å². The molecular formula is C17H24N3+. The van der Waals surface area contributed by atoms with Crippen molar-refractivity contribution in [3.05, 3.63) is 29.6 Å². The molecular weight excluding hydrogens is 246 g/mol. The second-order valence-electron chi connectivity index (χ2n) is 5.38. The molecule has 0 aliphatic rings. The molecule has 2 aromatic rings. The lowest BCUT2D eigenvalue weighted by atomic mass is 10.1. The van der Waals surface area contributed by atoms with Gasteiger partial charge in [0.15, 0.2) is 11.0 Å². The highest BCUT2D eigenvalue weighted by atomic mass is 15.2. The number of fused-ring (bicyclic) bond motifs is 1. The summed E-state index contributed by atoms with van der Waals surface area (Å²) in [5.74, 6) is 1.04. The lowest BCUT2D eigenvalue weighted by Crippen LogP contribution is -2.36. The first-order valence-electron chi connectivity index (χ1n) is 7.67. The van der Waals surface area contributed by atoms with Gasteiger partial charge in [-0.25, -0.2) is 4.57 Å². The Kier molecular flexibility index (Phi) is 4.79. The molecule has 0 atom stereocenters. The third-order valence-corrected chi connectivity index (χ3v) is 3.96. The third-order valence-electron chi connectivity index (χ3n) is 3.96. The molecule has 20 heavy (non-hydrogen) atoms. The third kappa shape index (κ3) is 2.56. The van der Waals surface area contributed by atoms with Crippen LogP contribution in [0.4, 0.5) is 0 Å². The quantitative estimate of drug-likeness (QED) is 0.736. The minimum Gasteiger partial charge on any atom is -0.226 e. The van der Waals surface area contributed by atoms with E-state index in [0.717, 1.165) is 30.7 Å². The fourth-order valence-corrected chi connectivity index (χ4v) is 2.80. The Balaban J connectivity index is 2.60. The fourth-order valence-electron chi connectivity index (χ4n) is 2.80. The Morgan fingerprint density at radius 2 is 1.95 bits per heavy atom. The van der Waals surface area contributed by atoms with Crippen molar-refractivity contribution in [1.82, 2.24) is 4.57 Å². The van der Waals surface area contributed by atoms with E-state index in [2.05, 4.69) is 42.8 Å². The van der Waals surface area contributed by atoms with Gasteiger partial charge in [0.25, 0.3) is 12.0 Å². The molecule has 0 aliphatic carbocycles. The van der Waals surface area contributed by atoms with Gasteiger partial charge in [0.2, 0.25) is 0 Å². The highest BCUT2D eigenvalue weighted by molar-refractivity contribution is 5.77. The van der Waals surface area contributed by atoms with Crippen LogP contribution in [0, 0.1) is 18.4 Å². The summed E-state index contributed by atoms with van der Waals surface area (Å²) in [5, 5.41) is 9.50. The van der Waals surface area contributed by atoms with Crippen molar-refractivity contribution in [2.24, 2.45) is 0 Å². The SMILES string of the molecule is CCCCc1cccc2c1n(C#N)c(C)[n+]2CCCC. The zero-order valence-corrected chi connectivity index (χ0v) is 12.8. The van der Waals surface area contributed by atoms with Crippen LogP contribution in [0.2, 0.25) is 0 Å². The van der Waals surface area contributed by atoms with E-state index in [9.17, 15) is 5.26 Å². The van der Waals surface area contributed by atoms with Gasteiger partial charge in [0.05, 0.1) is 6.54 Å². The van der Waals surface area contributed by atoms with E-state index in [-0.39, 0.29) is 0 Å². The van der Waals surface area contributed by atoms with Crippen molar-refractivity contribution in [1.29, 1.82) is 5.26 Å². The van der Waals surface area contributed by atoms with Gasteiger partial charge < -0.3 is 0 Å². The van der Waals surface area contributed by atoms with E-state index in [1.807, 2.05) is 6.92 Å². The topological polar surface area (TPSA) is 32.6 Å². The number of para-hydroxylation sites is 1. The van der Waals surface area contributed by atoms with Crippen molar-refractivity contribution in [2.45, 2.75) is 59.4 Å². The number of hydrogen-bond acceptors (Lipinski definition) is 1. The summed E-state index contributed by atoms with van der Waals surface area (Å²) in [6.45, 7) is 7.44. The zero-order valence-electron chi connectivity index (χ0n) is 12.8. The number of aryl methyl sites for hydroxylation is 2. The Labute approximate surface area is 121 Å². The van der Waals surface area contributed by atoms with Gasteiger partial charge in [-0.05, 0) is 25.3 Å². The standard InChI is InChI=1S/C17H24N3/c1-4-6-9-15-10-8-11-16-17(15)20(13-18)14(3)19(16)12-7-5-2/h8,10-11H,4-7,9,12H2,1-3H3/q+1. The van der Waals surface area contributed by atoms with Crippen LogP contribution in [0.1, 0.15) is 50.9 Å². The molecule has 1 aromatic carbocycles. The van der Waals surface area contributed by atoms with Crippen molar-refractivity contribution in [3.8, 4) is 6.19 Å². The minimum absolute atomic E-state index is 0.991. The normalized spacial score (nSPS) is 10.9. The summed E-state index contributed by atoms with van der Waals surface area (Å²) in [6.07, 6.45) is 8.06. The Hall–Kier alpha value is -1.82. The maximum Gasteiger partial charge on any atom is 0.297 e. The van der Waals surface area contributed by atoms with E-state index in [1.165, 1.54) is 30.3 Å². The maximum absolute atomic E-state index is 9.50. The van der Waals surface area contributed by atoms with Crippen LogP contribution in [0.25, 0.3) is 11.0 Å². The van der Waals surface area contributed by atoms with Crippen LogP contribution in [0.3, 0.4) is 0 Å². The average Bonchev–Trinajstić information content (AvgIpc) is 2.74. The first kappa shape index (κ1) is 14.6. The van der Waals surface area contributed by atoms with Crippen molar-refractivity contribution in [2.75, 3.05) is 0 Å². The summed E-state index contributed by atoms with van der Waals surface area (Å²) in [5.41, 5.74) is 3.60. The number of aromatic nitrogens is 2. The van der Waals surface area contributed by atoms with Crippen LogP contribution in [-0.4, -0.2) is 4.57 Å². The molecule has 0 saturated heterocycles. The van der Waals surface area contributed by atoms with E-state index in [4.69, 9.17) is 0 Å². The molecule has 106 valence electrons. The molecule has 0 bridgehead atoms. The summed E-state index contributed by atoms with van der Waals surface area (Å²) < 4.78 is 4.09. The highest BCUT2D eigenvalue weighted by Crippen LogP contribution is 2.20. The van der Waals surface area contributed by atoms with Crippen LogP contribution >= 0.6 is 0 Å². The Morgan fingerprint density at radius 1 is 1.20 bits per heavy atom. The molecule has 1 heterocycles. The zero-order chi connectivity index (χ0) is 14.5. The smallest absolute Gasteiger partial charge is 0.226 e. The maximum atomic E-state index is 9.50. The molecule has 0 spiro atoms. The van der Waals surface area contributed by atoms with Gasteiger partial charge in [0, 0.05) is 12.5 Å². The fraction of sp³-hybridized carbons (Fsp3) is 0.529. The molecule has 3 heteroatoms. The largest absolute Gasteiger partial charge is 0.297 e. The second kappa shape index (κ2) is 6.56. The van der Waals surface area contributed by atoms with Crippen LogP contribution < -0.4 is 4.57 Å². The lowest BCUT2D eigenvalue weighted by molar-refractivity contribution is -0.678. The van der Waals surface area contributed by atoms with E-state index < -0.39 is 0 Å². The minimum atomic E-state index is 0.991. The molecule has 0 fully saturated rings. The first-order chi connectivity index (χ1) is 9.74. The average molecular weight is 270 g/mol. The van der Waals surface area contributed by atoms with Gasteiger partial charge >= 0.3 is 0 Å². The number of benzene rings is 1. The molecule has 0 aliphatic heterocycles. The van der Waals surface area contributed by atoms with Crippen LogP contribution in [0.5, 0.6) is 0 Å². The second-order valence-corrected chi connectivity index (χ2v) is 5.38.